The number of hydrogen-bond donors (Lipinski definition) is 0. The van der Waals surface area contributed by atoms with E-state index in [1.165, 1.54) is 113 Å². The highest BCUT2D eigenvalue weighted by atomic mass is 15.1. The van der Waals surface area contributed by atoms with Gasteiger partial charge in [-0.3, -0.25) is 0 Å². The summed E-state index contributed by atoms with van der Waals surface area (Å²) < 4.78 is 0. The average molecular weight is 748 g/mol. The number of anilines is 3. The van der Waals surface area contributed by atoms with Crippen LogP contribution in [-0.4, -0.2) is 0 Å². The van der Waals surface area contributed by atoms with Crippen molar-refractivity contribution >= 4 is 27.8 Å². The van der Waals surface area contributed by atoms with Gasteiger partial charge in [-0.25, -0.2) is 0 Å². The van der Waals surface area contributed by atoms with Crippen LogP contribution in [0, 0.1) is 35.0 Å². The quantitative estimate of drug-likeness (QED) is 0.173. The van der Waals surface area contributed by atoms with Crippen LogP contribution in [0.4, 0.5) is 17.1 Å². The minimum Gasteiger partial charge on any atom is -0.310 e. The van der Waals surface area contributed by atoms with E-state index in [2.05, 4.69) is 163 Å². The molecule has 5 saturated carbocycles. The molecule has 5 fully saturated rings. The summed E-state index contributed by atoms with van der Waals surface area (Å²) in [5.74, 6) is 3.86. The topological polar surface area (TPSA) is 3.24 Å². The Balaban J connectivity index is 0.983. The normalized spacial score (nSPS) is 31.0. The van der Waals surface area contributed by atoms with Gasteiger partial charge in [0.2, 0.25) is 0 Å². The molecule has 7 aromatic rings. The maximum atomic E-state index is 2.68. The van der Waals surface area contributed by atoms with Crippen LogP contribution in [0.3, 0.4) is 0 Å². The molecule has 1 nitrogen and oxygen atoms in total. The molecule has 282 valence electrons. The van der Waals surface area contributed by atoms with Crippen molar-refractivity contribution in [1.29, 1.82) is 0 Å². The Morgan fingerprint density at radius 1 is 0.483 bits per heavy atom. The van der Waals surface area contributed by atoms with E-state index in [0.29, 0.717) is 17.3 Å². The van der Waals surface area contributed by atoms with Crippen molar-refractivity contribution in [3.05, 3.63) is 174 Å². The Hall–Kier alpha value is -5.40. The standard InChI is InChI=1S/C57H49N/c1-35-31-55-33-42(55)29-43(34-55)57(35)50-14-7-4-11-46(50)47-26-25-45(30-52(47)57)58(44-23-20-38(21-24-44)40-19-18-37-9-2-3-10-39(37)28-40)53-16-8-15-51-54(53)48-12-5-6-13-49(48)56(51)32-36-17-22-41(56)27-36/h2-16,18-21,23-26,28,30,35-36,41-43H,17,22,27,29,31-34H2,1H3/t35-,36?,41?,42-,43+,55?,56+,57+/m0/s1. The Labute approximate surface area is 342 Å². The molecule has 0 aromatic heterocycles. The Bertz CT molecular complexity index is 2880. The molecular formula is C57H49N. The minimum absolute atomic E-state index is 0.0740. The van der Waals surface area contributed by atoms with Gasteiger partial charge in [-0.1, -0.05) is 129 Å². The van der Waals surface area contributed by atoms with Gasteiger partial charge in [0.25, 0.3) is 0 Å². The van der Waals surface area contributed by atoms with Crippen LogP contribution in [0.2, 0.25) is 0 Å². The molecule has 0 heterocycles. The highest BCUT2D eigenvalue weighted by Crippen LogP contribution is 2.78. The molecule has 4 bridgehead atoms. The number of fused-ring (bicyclic) bond motifs is 16. The van der Waals surface area contributed by atoms with E-state index in [9.17, 15) is 0 Å². The fraction of sp³-hybridized carbons (Fsp3) is 0.298. The first-order valence-corrected chi connectivity index (χ1v) is 22.4. The zero-order chi connectivity index (χ0) is 38.0. The van der Waals surface area contributed by atoms with E-state index in [4.69, 9.17) is 0 Å². The number of benzene rings is 7. The predicted octanol–water partition coefficient (Wildman–Crippen LogP) is 14.8. The summed E-state index contributed by atoms with van der Waals surface area (Å²) in [6.07, 6.45) is 11.1. The lowest BCUT2D eigenvalue weighted by atomic mass is 9.55. The summed E-state index contributed by atoms with van der Waals surface area (Å²) >= 11 is 0. The summed E-state index contributed by atoms with van der Waals surface area (Å²) in [5, 5.41) is 2.57. The van der Waals surface area contributed by atoms with E-state index in [1.807, 2.05) is 0 Å². The first-order valence-electron chi connectivity index (χ1n) is 22.4. The summed E-state index contributed by atoms with van der Waals surface area (Å²) in [6.45, 7) is 2.62. The third-order valence-electron chi connectivity index (χ3n) is 17.6. The maximum Gasteiger partial charge on any atom is 0.0543 e. The molecule has 3 unspecified atom stereocenters. The zero-order valence-corrected chi connectivity index (χ0v) is 33.4. The van der Waals surface area contributed by atoms with Crippen molar-refractivity contribution in [2.45, 2.75) is 69.1 Å². The lowest BCUT2D eigenvalue weighted by molar-refractivity contribution is 0.130. The van der Waals surface area contributed by atoms with Gasteiger partial charge in [-0.05, 0) is 177 Å². The van der Waals surface area contributed by atoms with E-state index in [-0.39, 0.29) is 10.8 Å². The molecule has 0 radical (unpaired) electrons. The van der Waals surface area contributed by atoms with Crippen molar-refractivity contribution < 1.29 is 0 Å². The van der Waals surface area contributed by atoms with Crippen LogP contribution in [-0.2, 0) is 10.8 Å². The molecule has 0 aliphatic heterocycles. The van der Waals surface area contributed by atoms with Crippen LogP contribution in [0.1, 0.15) is 80.5 Å². The minimum atomic E-state index is 0.0740. The lowest BCUT2D eigenvalue weighted by Gasteiger charge is -2.48. The molecule has 0 saturated heterocycles. The highest BCUT2D eigenvalue weighted by Gasteiger charge is 2.70. The van der Waals surface area contributed by atoms with Crippen LogP contribution in [0.25, 0.3) is 44.2 Å². The zero-order valence-electron chi connectivity index (χ0n) is 33.4. The molecule has 7 aliphatic carbocycles. The summed E-state index contributed by atoms with van der Waals surface area (Å²) in [4.78, 5) is 2.66. The van der Waals surface area contributed by atoms with Crippen molar-refractivity contribution in [3.8, 4) is 33.4 Å². The van der Waals surface area contributed by atoms with Gasteiger partial charge in [-0.15, -0.1) is 0 Å². The third kappa shape index (κ3) is 3.99. The molecule has 58 heavy (non-hydrogen) atoms. The molecule has 0 amide bonds. The van der Waals surface area contributed by atoms with Gasteiger partial charge in [-0.2, -0.15) is 0 Å². The Morgan fingerprint density at radius 2 is 1.21 bits per heavy atom. The molecule has 3 spiro atoms. The number of nitrogens with zero attached hydrogens (tertiary/aromatic N) is 1. The van der Waals surface area contributed by atoms with E-state index >= 15 is 0 Å². The van der Waals surface area contributed by atoms with Gasteiger partial charge in [0.05, 0.1) is 5.69 Å². The van der Waals surface area contributed by atoms with Crippen molar-refractivity contribution in [1.82, 2.24) is 0 Å². The van der Waals surface area contributed by atoms with Gasteiger partial charge in [0.1, 0.15) is 0 Å². The molecule has 7 aliphatic rings. The second-order valence-corrected chi connectivity index (χ2v) is 19.9. The number of hydrogen-bond acceptors (Lipinski definition) is 1. The van der Waals surface area contributed by atoms with Crippen LogP contribution in [0.15, 0.2) is 152 Å². The molecule has 0 N–H and O–H groups in total. The Morgan fingerprint density at radius 3 is 2.05 bits per heavy atom. The second kappa shape index (κ2) is 11.2. The lowest BCUT2D eigenvalue weighted by Crippen LogP contribution is -2.44. The van der Waals surface area contributed by atoms with Gasteiger partial charge in [0.15, 0.2) is 0 Å². The summed E-state index contributed by atoms with van der Waals surface area (Å²) in [6, 6.07) is 59.2. The first-order chi connectivity index (χ1) is 28.5. The first kappa shape index (κ1) is 32.5. The third-order valence-corrected chi connectivity index (χ3v) is 17.6. The summed E-state index contributed by atoms with van der Waals surface area (Å²) in [7, 11) is 0. The monoisotopic (exact) mass is 747 g/mol. The van der Waals surface area contributed by atoms with Crippen molar-refractivity contribution in [2.24, 2.45) is 35.0 Å². The smallest absolute Gasteiger partial charge is 0.0543 e. The molecule has 1 heteroatoms. The van der Waals surface area contributed by atoms with E-state index < -0.39 is 0 Å². The summed E-state index contributed by atoms with van der Waals surface area (Å²) in [5.41, 5.74) is 19.5. The van der Waals surface area contributed by atoms with Gasteiger partial charge in [0, 0.05) is 27.8 Å². The average Bonchev–Trinajstić information content (AvgIpc) is 3.79. The highest BCUT2D eigenvalue weighted by molar-refractivity contribution is 5.97. The number of rotatable bonds is 4. The SMILES string of the molecule is C[C@H]1CC23C[C@@H]2C[C@H](C3)[C@@]12c1ccccc1-c1ccc(N(c3ccc(-c4ccc5ccccc5c4)cc3)c3cccc4c3-c3ccccc3[C@]43CC4CCC3C4)cc12. The Kier molecular flexibility index (Phi) is 6.29. The second-order valence-electron chi connectivity index (χ2n) is 19.9. The molecule has 7 aromatic carbocycles. The maximum absolute atomic E-state index is 2.68. The van der Waals surface area contributed by atoms with Crippen LogP contribution >= 0.6 is 0 Å². The van der Waals surface area contributed by atoms with Gasteiger partial charge < -0.3 is 4.90 Å². The fourth-order valence-electron chi connectivity index (χ4n) is 15.4. The van der Waals surface area contributed by atoms with Crippen molar-refractivity contribution in [3.63, 3.8) is 0 Å². The molecule has 8 atom stereocenters. The fourth-order valence-corrected chi connectivity index (χ4v) is 15.4. The molecular weight excluding hydrogens is 699 g/mol. The van der Waals surface area contributed by atoms with Crippen LogP contribution < -0.4 is 4.90 Å². The van der Waals surface area contributed by atoms with E-state index in [0.717, 1.165) is 17.8 Å². The predicted molar refractivity (Wildman–Crippen MR) is 239 cm³/mol. The van der Waals surface area contributed by atoms with Gasteiger partial charge >= 0.3 is 0 Å². The van der Waals surface area contributed by atoms with E-state index in [1.54, 1.807) is 22.3 Å². The molecule has 14 rings (SSSR count). The largest absolute Gasteiger partial charge is 0.310 e. The van der Waals surface area contributed by atoms with Crippen molar-refractivity contribution in [2.75, 3.05) is 4.90 Å². The van der Waals surface area contributed by atoms with Crippen LogP contribution in [0.5, 0.6) is 0 Å².